The molecule has 0 spiro atoms. The number of halogens is 4. The summed E-state index contributed by atoms with van der Waals surface area (Å²) in [7, 11) is 3.72. The molecule has 2 N–H and O–H groups in total. The zero-order valence-corrected chi connectivity index (χ0v) is 28.3. The third-order valence-electron chi connectivity index (χ3n) is 9.87. The van der Waals surface area contributed by atoms with Gasteiger partial charge in [-0.25, -0.2) is 14.2 Å². The summed E-state index contributed by atoms with van der Waals surface area (Å²) in [5, 5.41) is 9.67. The van der Waals surface area contributed by atoms with Gasteiger partial charge in [0.25, 0.3) is 5.91 Å². The van der Waals surface area contributed by atoms with Crippen LogP contribution >= 0.6 is 0 Å². The number of fused-ring (bicyclic) bond motifs is 2. The van der Waals surface area contributed by atoms with Gasteiger partial charge in [0.1, 0.15) is 23.2 Å². The first-order valence-corrected chi connectivity index (χ1v) is 16.8. The smallest absolute Gasteiger partial charge is 0.370 e. The average molecular weight is 722 g/mol. The van der Waals surface area contributed by atoms with Crippen LogP contribution in [0.3, 0.4) is 0 Å². The molecule has 5 aromatic rings. The van der Waals surface area contributed by atoms with Crippen LogP contribution in [0.5, 0.6) is 0 Å². The Kier molecular flexibility index (Phi) is 9.06. The van der Waals surface area contributed by atoms with Crippen LogP contribution in [0.4, 0.5) is 28.9 Å². The summed E-state index contributed by atoms with van der Waals surface area (Å²) < 4.78 is 58.8. The highest BCUT2D eigenvalue weighted by atomic mass is 19.4. The standard InChI is InChI=1S/C35H35F4N9O4/c1-44(15-16-47-19-20-17-25(22(36)18-24(20)43-47)41-32(50)23-5-3-8-29(40-23)35(37,38)39)21-11-13-46(14-12-21)26-6-4-7-27-31(26)45(2)34(52)48(27)28-9-10-30(49)42-33(28)51/h3-8,17-19,21,28H,9-16H2,1-2H3,(H,41,50)(H,42,49,51). The molecule has 7 rings (SSSR count). The van der Waals surface area contributed by atoms with E-state index in [1.54, 1.807) is 22.5 Å². The Hall–Kier alpha value is -5.58. The molecule has 2 fully saturated rings. The van der Waals surface area contributed by atoms with Gasteiger partial charge in [0.15, 0.2) is 0 Å². The summed E-state index contributed by atoms with van der Waals surface area (Å²) in [4.78, 5) is 58.2. The average Bonchev–Trinajstić information content (AvgIpc) is 3.63. The summed E-state index contributed by atoms with van der Waals surface area (Å²) >= 11 is 0. The van der Waals surface area contributed by atoms with Crippen LogP contribution < -0.4 is 21.2 Å². The van der Waals surface area contributed by atoms with Crippen molar-refractivity contribution < 1.29 is 31.9 Å². The van der Waals surface area contributed by atoms with Gasteiger partial charge in [-0.3, -0.25) is 33.5 Å². The Morgan fingerprint density at radius 2 is 1.81 bits per heavy atom. The van der Waals surface area contributed by atoms with Crippen LogP contribution in [-0.4, -0.2) is 79.2 Å². The summed E-state index contributed by atoms with van der Waals surface area (Å²) in [6.07, 6.45) is -0.873. The molecular formula is C35H35F4N9O4. The number of carbonyl (C=O) groups excluding carboxylic acids is 3. The number of hydrogen-bond donors (Lipinski definition) is 2. The van der Waals surface area contributed by atoms with Crippen molar-refractivity contribution >= 4 is 51.0 Å². The molecule has 2 saturated heterocycles. The van der Waals surface area contributed by atoms with Gasteiger partial charge in [-0.15, -0.1) is 0 Å². The molecule has 0 saturated carbocycles. The number of amides is 3. The summed E-state index contributed by atoms with van der Waals surface area (Å²) in [5.74, 6) is -2.58. The number of nitrogens with one attached hydrogen (secondary N) is 2. The number of benzene rings is 2. The lowest BCUT2D eigenvalue weighted by atomic mass is 10.0. The minimum absolute atomic E-state index is 0.170. The number of alkyl halides is 3. The van der Waals surface area contributed by atoms with Crippen LogP contribution in [0.1, 0.15) is 47.9 Å². The number of imidazole rings is 1. The van der Waals surface area contributed by atoms with Gasteiger partial charge in [0.2, 0.25) is 11.8 Å². The maximum atomic E-state index is 14.9. The van der Waals surface area contributed by atoms with Crippen molar-refractivity contribution in [3.8, 4) is 0 Å². The van der Waals surface area contributed by atoms with E-state index < -0.39 is 41.2 Å². The number of anilines is 2. The SMILES string of the molecule is CN(CCn1cc2cc(NC(=O)c3cccc(C(F)(F)F)n3)c(F)cc2n1)C1CCN(c2cccc3c2n(C)c(=O)n3C2CCC(=O)NC2=O)CC1. The van der Waals surface area contributed by atoms with E-state index in [4.69, 9.17) is 0 Å². The van der Waals surface area contributed by atoms with Crippen molar-refractivity contribution in [3.63, 3.8) is 0 Å². The van der Waals surface area contributed by atoms with E-state index in [2.05, 4.69) is 30.5 Å². The van der Waals surface area contributed by atoms with Crippen LogP contribution in [0.25, 0.3) is 21.9 Å². The molecule has 5 heterocycles. The fraction of sp³-hybridized carbons (Fsp3) is 0.371. The molecule has 17 heteroatoms. The van der Waals surface area contributed by atoms with Crippen molar-refractivity contribution in [3.05, 3.63) is 82.4 Å². The topological polar surface area (TPSA) is 139 Å². The Morgan fingerprint density at radius 1 is 1.06 bits per heavy atom. The molecule has 272 valence electrons. The fourth-order valence-corrected chi connectivity index (χ4v) is 7.11. The van der Waals surface area contributed by atoms with Gasteiger partial charge in [-0.2, -0.15) is 18.3 Å². The van der Waals surface area contributed by atoms with E-state index in [-0.39, 0.29) is 36.2 Å². The number of piperidine rings is 2. The van der Waals surface area contributed by atoms with Crippen LogP contribution in [0.2, 0.25) is 0 Å². The first kappa shape index (κ1) is 34.9. The van der Waals surface area contributed by atoms with E-state index in [0.717, 1.165) is 61.4 Å². The van der Waals surface area contributed by atoms with E-state index in [9.17, 15) is 36.7 Å². The number of carbonyl (C=O) groups is 3. The lowest BCUT2D eigenvalue weighted by Gasteiger charge is -2.38. The molecule has 0 aliphatic carbocycles. The number of likely N-dealkylation sites (N-methyl/N-ethyl adjacent to an activating group) is 1. The van der Waals surface area contributed by atoms with E-state index in [1.165, 1.54) is 10.6 Å². The van der Waals surface area contributed by atoms with E-state index in [0.29, 0.717) is 29.5 Å². The zero-order valence-electron chi connectivity index (χ0n) is 28.3. The van der Waals surface area contributed by atoms with Crippen molar-refractivity contribution in [2.24, 2.45) is 7.05 Å². The molecule has 52 heavy (non-hydrogen) atoms. The lowest BCUT2D eigenvalue weighted by Crippen LogP contribution is -2.44. The molecular weight excluding hydrogens is 686 g/mol. The highest BCUT2D eigenvalue weighted by Crippen LogP contribution is 2.32. The number of para-hydroxylation sites is 1. The summed E-state index contributed by atoms with van der Waals surface area (Å²) in [6, 6.07) is 10.7. The van der Waals surface area contributed by atoms with Crippen molar-refractivity contribution in [2.75, 3.05) is 36.9 Å². The van der Waals surface area contributed by atoms with Gasteiger partial charge >= 0.3 is 11.9 Å². The lowest BCUT2D eigenvalue weighted by molar-refractivity contribution is -0.141. The number of hydrogen-bond acceptors (Lipinski definition) is 8. The first-order valence-electron chi connectivity index (χ1n) is 16.8. The van der Waals surface area contributed by atoms with Gasteiger partial charge in [0.05, 0.1) is 34.5 Å². The maximum absolute atomic E-state index is 14.9. The highest BCUT2D eigenvalue weighted by molar-refractivity contribution is 6.04. The van der Waals surface area contributed by atoms with E-state index in [1.807, 2.05) is 25.2 Å². The zero-order chi connectivity index (χ0) is 36.9. The quantitative estimate of drug-likeness (QED) is 0.181. The predicted octanol–water partition coefficient (Wildman–Crippen LogP) is 4.07. The number of nitrogens with zero attached hydrogens (tertiary/aromatic N) is 7. The maximum Gasteiger partial charge on any atom is 0.433 e. The molecule has 2 aliphatic rings. The predicted molar refractivity (Wildman–Crippen MR) is 183 cm³/mol. The Balaban J connectivity index is 0.982. The van der Waals surface area contributed by atoms with Crippen LogP contribution in [0.15, 0.2) is 59.5 Å². The van der Waals surface area contributed by atoms with Gasteiger partial charge in [-0.05, 0) is 56.6 Å². The number of rotatable bonds is 8. The largest absolute Gasteiger partial charge is 0.433 e. The molecule has 3 amide bonds. The van der Waals surface area contributed by atoms with Crippen LogP contribution in [0, 0.1) is 5.82 Å². The van der Waals surface area contributed by atoms with E-state index >= 15 is 0 Å². The van der Waals surface area contributed by atoms with Crippen LogP contribution in [-0.2, 0) is 29.4 Å². The monoisotopic (exact) mass is 721 g/mol. The third-order valence-corrected chi connectivity index (χ3v) is 9.87. The number of pyridine rings is 1. The Morgan fingerprint density at radius 3 is 2.54 bits per heavy atom. The molecule has 1 unspecified atom stereocenters. The summed E-state index contributed by atoms with van der Waals surface area (Å²) in [5.41, 5.74) is 0.412. The second-order valence-corrected chi connectivity index (χ2v) is 13.2. The van der Waals surface area contributed by atoms with Gasteiger partial charge in [0, 0.05) is 56.8 Å². The van der Waals surface area contributed by atoms with Crippen molar-refractivity contribution in [1.29, 1.82) is 0 Å². The van der Waals surface area contributed by atoms with Gasteiger partial charge in [-0.1, -0.05) is 12.1 Å². The molecule has 2 aromatic carbocycles. The fourth-order valence-electron chi connectivity index (χ4n) is 7.11. The molecule has 2 aliphatic heterocycles. The number of aromatic nitrogens is 5. The minimum atomic E-state index is -4.73. The van der Waals surface area contributed by atoms with Gasteiger partial charge < -0.3 is 15.1 Å². The number of imide groups is 1. The minimum Gasteiger partial charge on any atom is -0.370 e. The Bertz CT molecular complexity index is 2270. The second-order valence-electron chi connectivity index (χ2n) is 13.2. The number of aryl methyl sites for hydroxylation is 1. The normalized spacial score (nSPS) is 17.4. The second kappa shape index (κ2) is 13.5. The molecule has 3 aromatic heterocycles. The molecule has 0 radical (unpaired) electrons. The first-order chi connectivity index (χ1) is 24.8. The molecule has 1 atom stereocenters. The summed E-state index contributed by atoms with van der Waals surface area (Å²) in [6.45, 7) is 2.62. The van der Waals surface area contributed by atoms with Crippen molar-refractivity contribution in [2.45, 2.75) is 50.5 Å². The highest BCUT2D eigenvalue weighted by Gasteiger charge is 2.34. The van der Waals surface area contributed by atoms with Crippen molar-refractivity contribution in [1.82, 2.24) is 34.1 Å². The molecule has 13 nitrogen and oxygen atoms in total. The Labute approximate surface area is 293 Å². The third kappa shape index (κ3) is 6.63. The molecule has 0 bridgehead atoms.